The Labute approximate surface area is 141 Å². The van der Waals surface area contributed by atoms with E-state index in [4.69, 9.17) is 9.90 Å². The van der Waals surface area contributed by atoms with E-state index in [0.29, 0.717) is 0 Å². The summed E-state index contributed by atoms with van der Waals surface area (Å²) in [7, 11) is 4.31. The van der Waals surface area contributed by atoms with Gasteiger partial charge in [-0.25, -0.2) is 0 Å². The normalized spacial score (nSPS) is 13.3. The van der Waals surface area contributed by atoms with Gasteiger partial charge >= 0.3 is 0 Å². The molecule has 0 spiro atoms. The van der Waals surface area contributed by atoms with Gasteiger partial charge in [0.1, 0.15) is 0 Å². The van der Waals surface area contributed by atoms with Crippen molar-refractivity contribution in [2.75, 3.05) is 38.6 Å². The number of carboxylic acids is 1. The Morgan fingerprint density at radius 1 is 1.17 bits per heavy atom. The number of carbonyl (C=O) groups is 1. The molecular formula is C19H32N2O2. The number of anilines is 1. The summed E-state index contributed by atoms with van der Waals surface area (Å²) in [6.45, 7) is 4.79. The Kier molecular flexibility index (Phi) is 9.37. The van der Waals surface area contributed by atoms with Crippen molar-refractivity contribution in [2.24, 2.45) is 0 Å². The zero-order valence-corrected chi connectivity index (χ0v) is 14.9. The molecule has 2 rings (SSSR count). The zero-order chi connectivity index (χ0) is 17.1. The van der Waals surface area contributed by atoms with Crippen LogP contribution >= 0.6 is 0 Å². The lowest BCUT2D eigenvalue weighted by atomic mass is 10.0. The molecule has 1 aliphatic rings. The van der Waals surface area contributed by atoms with Crippen LogP contribution in [-0.4, -0.2) is 49.7 Å². The number of hydrogen-bond donors (Lipinski definition) is 1. The molecule has 1 heterocycles. The van der Waals surface area contributed by atoms with Crippen LogP contribution < -0.4 is 4.90 Å². The van der Waals surface area contributed by atoms with Crippen molar-refractivity contribution < 1.29 is 9.90 Å². The minimum absolute atomic E-state index is 0.833. The van der Waals surface area contributed by atoms with E-state index in [9.17, 15) is 0 Å². The molecule has 0 amide bonds. The second kappa shape index (κ2) is 11.1. The molecule has 4 heteroatoms. The molecule has 130 valence electrons. The van der Waals surface area contributed by atoms with Crippen molar-refractivity contribution in [3.63, 3.8) is 0 Å². The standard InChI is InChI=1S/C17H28N2.C2H4O2/c1-18(2)13-7-3-4-8-14-19-15-9-11-16-10-5-6-12-17(16)19;1-2(3)4/h5-6,10,12H,3-4,7-9,11,13-15H2,1-2H3;1H3,(H,3,4). The van der Waals surface area contributed by atoms with Gasteiger partial charge in [-0.15, -0.1) is 0 Å². The number of rotatable bonds is 7. The zero-order valence-electron chi connectivity index (χ0n) is 14.9. The Hall–Kier alpha value is -1.55. The fraction of sp³-hybridized carbons (Fsp3) is 0.632. The number of fused-ring (bicyclic) bond motifs is 1. The number of nitrogens with zero attached hydrogens (tertiary/aromatic N) is 2. The fourth-order valence-electron chi connectivity index (χ4n) is 2.93. The highest BCUT2D eigenvalue weighted by Gasteiger charge is 2.15. The molecule has 0 radical (unpaired) electrons. The number of hydrogen-bond acceptors (Lipinski definition) is 3. The van der Waals surface area contributed by atoms with E-state index in [0.717, 1.165) is 6.92 Å². The molecule has 0 fully saturated rings. The average Bonchev–Trinajstić information content (AvgIpc) is 2.50. The van der Waals surface area contributed by atoms with Crippen molar-refractivity contribution in [1.82, 2.24) is 4.90 Å². The van der Waals surface area contributed by atoms with Crippen LogP contribution in [0.4, 0.5) is 5.69 Å². The number of carboxylic acid groups (broad SMARTS) is 1. The topological polar surface area (TPSA) is 43.8 Å². The van der Waals surface area contributed by atoms with Crippen molar-refractivity contribution >= 4 is 11.7 Å². The maximum Gasteiger partial charge on any atom is 0.300 e. The van der Waals surface area contributed by atoms with Gasteiger partial charge in [-0.3, -0.25) is 4.79 Å². The molecule has 0 saturated heterocycles. The van der Waals surface area contributed by atoms with Gasteiger partial charge in [0.15, 0.2) is 0 Å². The highest BCUT2D eigenvalue weighted by atomic mass is 16.4. The van der Waals surface area contributed by atoms with Crippen LogP contribution in [0, 0.1) is 0 Å². The summed E-state index contributed by atoms with van der Waals surface area (Å²) in [5.74, 6) is -0.833. The Bertz CT molecular complexity index is 456. The molecule has 0 bridgehead atoms. The molecule has 0 saturated carbocycles. The Morgan fingerprint density at radius 2 is 1.83 bits per heavy atom. The van der Waals surface area contributed by atoms with Crippen molar-refractivity contribution in [1.29, 1.82) is 0 Å². The molecule has 1 N–H and O–H groups in total. The van der Waals surface area contributed by atoms with Gasteiger partial charge in [-0.1, -0.05) is 31.0 Å². The van der Waals surface area contributed by atoms with Crippen molar-refractivity contribution in [3.8, 4) is 0 Å². The van der Waals surface area contributed by atoms with Gasteiger partial charge < -0.3 is 14.9 Å². The number of para-hydroxylation sites is 1. The van der Waals surface area contributed by atoms with Crippen LogP contribution in [0.3, 0.4) is 0 Å². The van der Waals surface area contributed by atoms with Crippen LogP contribution in [0.2, 0.25) is 0 Å². The van der Waals surface area contributed by atoms with Crippen molar-refractivity contribution in [2.45, 2.75) is 45.4 Å². The van der Waals surface area contributed by atoms with Gasteiger partial charge in [-0.2, -0.15) is 0 Å². The highest BCUT2D eigenvalue weighted by molar-refractivity contribution is 5.63. The van der Waals surface area contributed by atoms with Gasteiger partial charge in [0.25, 0.3) is 5.97 Å². The van der Waals surface area contributed by atoms with E-state index in [-0.39, 0.29) is 0 Å². The smallest absolute Gasteiger partial charge is 0.300 e. The lowest BCUT2D eigenvalue weighted by Crippen LogP contribution is -2.30. The van der Waals surface area contributed by atoms with Crippen LogP contribution in [-0.2, 0) is 11.2 Å². The largest absolute Gasteiger partial charge is 0.481 e. The maximum atomic E-state index is 9.00. The third-order valence-corrected chi connectivity index (χ3v) is 3.99. The van der Waals surface area contributed by atoms with Gasteiger partial charge in [0.05, 0.1) is 0 Å². The summed E-state index contributed by atoms with van der Waals surface area (Å²) in [5.41, 5.74) is 3.03. The summed E-state index contributed by atoms with van der Waals surface area (Å²) in [5, 5.41) is 7.42. The number of aryl methyl sites for hydroxylation is 1. The van der Waals surface area contributed by atoms with E-state index in [2.05, 4.69) is 48.2 Å². The quantitative estimate of drug-likeness (QED) is 0.779. The molecule has 0 unspecified atom stereocenters. The number of benzene rings is 1. The summed E-state index contributed by atoms with van der Waals surface area (Å²) in [6, 6.07) is 8.93. The Morgan fingerprint density at radius 3 is 2.52 bits per heavy atom. The molecule has 23 heavy (non-hydrogen) atoms. The van der Waals surface area contributed by atoms with E-state index in [1.165, 1.54) is 63.8 Å². The van der Waals surface area contributed by atoms with Crippen LogP contribution in [0.1, 0.15) is 44.6 Å². The van der Waals surface area contributed by atoms with E-state index in [1.54, 1.807) is 5.56 Å². The molecule has 0 aromatic heterocycles. The third-order valence-electron chi connectivity index (χ3n) is 3.99. The van der Waals surface area contributed by atoms with Crippen LogP contribution in [0.15, 0.2) is 24.3 Å². The molecule has 1 aromatic carbocycles. The first kappa shape index (κ1) is 19.5. The molecule has 1 aromatic rings. The Balaban J connectivity index is 0.000000593. The highest BCUT2D eigenvalue weighted by Crippen LogP contribution is 2.26. The molecule has 0 aliphatic carbocycles. The SMILES string of the molecule is CC(=O)O.CN(C)CCCCCCN1CCCc2ccccc21. The van der Waals surface area contributed by atoms with Gasteiger partial charge in [0, 0.05) is 25.7 Å². The summed E-state index contributed by atoms with van der Waals surface area (Å²) in [6.07, 6.45) is 7.98. The predicted molar refractivity (Wildman–Crippen MR) is 97.3 cm³/mol. The molecular weight excluding hydrogens is 288 g/mol. The molecule has 1 aliphatic heterocycles. The molecule has 4 nitrogen and oxygen atoms in total. The van der Waals surface area contributed by atoms with E-state index in [1.807, 2.05) is 0 Å². The minimum atomic E-state index is -0.833. The van der Waals surface area contributed by atoms with Gasteiger partial charge in [-0.05, 0) is 58.0 Å². The monoisotopic (exact) mass is 320 g/mol. The lowest BCUT2D eigenvalue weighted by Gasteiger charge is -2.31. The number of unbranched alkanes of at least 4 members (excludes halogenated alkanes) is 3. The van der Waals surface area contributed by atoms with Crippen molar-refractivity contribution in [3.05, 3.63) is 29.8 Å². The minimum Gasteiger partial charge on any atom is -0.481 e. The van der Waals surface area contributed by atoms with Crippen LogP contribution in [0.25, 0.3) is 0 Å². The van der Waals surface area contributed by atoms with E-state index < -0.39 is 5.97 Å². The molecule has 0 atom stereocenters. The maximum absolute atomic E-state index is 9.00. The first-order chi connectivity index (χ1) is 11.0. The lowest BCUT2D eigenvalue weighted by molar-refractivity contribution is -0.134. The summed E-state index contributed by atoms with van der Waals surface area (Å²) >= 11 is 0. The van der Waals surface area contributed by atoms with Crippen LogP contribution in [0.5, 0.6) is 0 Å². The summed E-state index contributed by atoms with van der Waals surface area (Å²) < 4.78 is 0. The first-order valence-electron chi connectivity index (χ1n) is 8.68. The number of aliphatic carboxylic acids is 1. The summed E-state index contributed by atoms with van der Waals surface area (Å²) in [4.78, 5) is 13.9. The second-order valence-electron chi connectivity index (χ2n) is 6.46. The first-order valence-corrected chi connectivity index (χ1v) is 8.68. The second-order valence-corrected chi connectivity index (χ2v) is 6.46. The predicted octanol–water partition coefficient (Wildman–Crippen LogP) is 3.65. The third kappa shape index (κ3) is 8.60. The van der Waals surface area contributed by atoms with E-state index >= 15 is 0 Å². The average molecular weight is 320 g/mol. The van der Waals surface area contributed by atoms with Gasteiger partial charge in [0.2, 0.25) is 0 Å². The fourth-order valence-corrected chi connectivity index (χ4v) is 2.93.